The van der Waals surface area contributed by atoms with Gasteiger partial charge in [-0.05, 0) is 48.5 Å². The molecule has 7 aromatic rings. The molecule has 0 aromatic heterocycles. The number of hydrogen-bond acceptors (Lipinski definition) is 4. The molecule has 7 rings (SSSR count). The number of hydrogen-bond donors (Lipinski definition) is 0. The molecule has 4 nitrogen and oxygen atoms in total. The monoisotopic (exact) mass is 970 g/mol. The second kappa shape index (κ2) is 19.7. The number of benzene rings is 7. The summed E-state index contributed by atoms with van der Waals surface area (Å²) < 4.78 is 179. The Morgan fingerprint density at radius 1 is 0.426 bits per heavy atom. The van der Waals surface area contributed by atoms with Gasteiger partial charge in [0, 0.05) is 12.5 Å². The molecule has 0 aliphatic rings. The average Bonchev–Trinajstić information content (AvgIpc) is 3.29. The summed E-state index contributed by atoms with van der Waals surface area (Å²) in [6.45, 7) is 1.31. The van der Waals surface area contributed by atoms with E-state index in [-0.39, 0.29) is 33.4 Å². The van der Waals surface area contributed by atoms with Gasteiger partial charge in [0.1, 0.15) is 11.9 Å². The van der Waals surface area contributed by atoms with Crippen molar-refractivity contribution in [2.75, 3.05) is 5.75 Å². The minimum Gasteiger partial charge on any atom is -0.427 e. The molecule has 0 spiro atoms. The molecular weight excluding hydrogens is 935 g/mol. The number of ether oxygens (including phenoxy) is 1. The highest BCUT2D eigenvalue weighted by molar-refractivity contribution is 8.03. The Balaban J connectivity index is 0.000000244. The van der Waals surface area contributed by atoms with Crippen LogP contribution in [0, 0.1) is 0 Å². The van der Waals surface area contributed by atoms with Gasteiger partial charge in [-0.2, -0.15) is 74.5 Å². The van der Waals surface area contributed by atoms with Crippen LogP contribution in [-0.4, -0.2) is 23.7 Å². The van der Waals surface area contributed by atoms with Crippen LogP contribution >= 0.6 is 0 Å². The number of rotatable bonds is 10. The van der Waals surface area contributed by atoms with Gasteiger partial charge in [-0.25, -0.2) is 0 Å². The Hall–Kier alpha value is -6.95. The molecule has 68 heavy (non-hydrogen) atoms. The number of Topliss-reactive ketones (excluding diaryl/α,β-unsaturated/α-hetero) is 1. The Labute approximate surface area is 382 Å². The molecular formula is C50H35BF12O4S. The molecule has 0 saturated heterocycles. The number of carbonyl (C=O) groups is 2. The van der Waals surface area contributed by atoms with E-state index in [0.717, 1.165) is 48.5 Å². The average molecular weight is 971 g/mol. The normalized spacial score (nSPS) is 12.4. The van der Waals surface area contributed by atoms with Gasteiger partial charge in [0.25, 0.3) is 0 Å². The van der Waals surface area contributed by atoms with Gasteiger partial charge in [0.05, 0.1) is 22.3 Å². The van der Waals surface area contributed by atoms with Crippen molar-refractivity contribution in [3.05, 3.63) is 210 Å². The molecule has 0 fully saturated rings. The first-order valence-corrected chi connectivity index (χ1v) is 21.9. The van der Waals surface area contributed by atoms with Crippen LogP contribution in [0.1, 0.15) is 39.5 Å². The van der Waals surface area contributed by atoms with Gasteiger partial charge < -0.3 is 4.74 Å². The van der Waals surface area contributed by atoms with E-state index < -0.39 is 69.0 Å². The fourth-order valence-corrected chi connectivity index (χ4v) is 10.1. The number of alkyl halides is 12. The van der Waals surface area contributed by atoms with E-state index in [1.807, 2.05) is 36.4 Å². The predicted octanol–water partition coefficient (Wildman–Crippen LogP) is 11.6. The minimum absolute atomic E-state index is 0.0114. The lowest BCUT2D eigenvalue weighted by Crippen LogP contribution is -2.74. The van der Waals surface area contributed by atoms with E-state index in [4.69, 9.17) is 4.74 Å². The van der Waals surface area contributed by atoms with E-state index in [2.05, 4.69) is 0 Å². The van der Waals surface area contributed by atoms with Crippen LogP contribution in [0.25, 0.3) is 0 Å². The van der Waals surface area contributed by atoms with Crippen molar-refractivity contribution in [2.24, 2.45) is 0 Å². The Morgan fingerprint density at radius 3 is 0.956 bits per heavy atom. The van der Waals surface area contributed by atoms with Crippen molar-refractivity contribution in [3.8, 4) is 5.75 Å². The molecule has 0 aliphatic carbocycles. The van der Waals surface area contributed by atoms with Crippen LogP contribution in [0.4, 0.5) is 52.7 Å². The summed E-state index contributed by atoms with van der Waals surface area (Å²) >= 11 is 0. The Kier molecular flexibility index (Phi) is 14.6. The number of ketones is 1. The third kappa shape index (κ3) is 11.4. The summed E-state index contributed by atoms with van der Waals surface area (Å²) in [4.78, 5) is 25.1. The van der Waals surface area contributed by atoms with Crippen molar-refractivity contribution >= 4 is 49.7 Å². The summed E-state index contributed by atoms with van der Waals surface area (Å²) in [5.74, 6) is -0.424. The van der Waals surface area contributed by atoms with E-state index in [0.29, 0.717) is 69.6 Å². The molecule has 0 aliphatic heterocycles. The second-order valence-corrected chi connectivity index (χ2v) is 17.9. The fourth-order valence-electron chi connectivity index (χ4n) is 7.72. The van der Waals surface area contributed by atoms with Crippen LogP contribution in [0.5, 0.6) is 5.75 Å². The number of halogens is 12. The molecule has 352 valence electrons. The summed E-state index contributed by atoms with van der Waals surface area (Å²) in [6, 6.07) is 37.9. The molecule has 0 heterocycles. The Morgan fingerprint density at radius 2 is 0.706 bits per heavy atom. The van der Waals surface area contributed by atoms with Crippen LogP contribution in [0.2, 0.25) is 0 Å². The zero-order chi connectivity index (χ0) is 49.7. The highest BCUT2D eigenvalue weighted by Crippen LogP contribution is 2.34. The van der Waals surface area contributed by atoms with E-state index in [9.17, 15) is 66.5 Å². The van der Waals surface area contributed by atoms with Crippen LogP contribution in [0.15, 0.2) is 192 Å². The summed E-state index contributed by atoms with van der Waals surface area (Å²) in [6.07, 6.45) is -22.0. The SMILES string of the molecule is CC(=O)Oc1ccc(C(=O)C[S+](=O)(c2ccccc2)c2ccccc2)cc1.FC(F)(F)c1ccc([B-](c2ccc(C(F)(F)F)cc2)(c2ccc(C(F)(F)F)cc2)c2ccc(C(F)(F)F)cc2)cc1. The van der Waals surface area contributed by atoms with Crippen LogP contribution in [0.3, 0.4) is 0 Å². The molecule has 18 heteroatoms. The quantitative estimate of drug-likeness (QED) is 0.0342. The topological polar surface area (TPSA) is 60.4 Å². The molecule has 0 atom stereocenters. The first-order valence-electron chi connectivity index (χ1n) is 20.1. The zero-order valence-electron chi connectivity index (χ0n) is 35.2. The highest BCUT2D eigenvalue weighted by atomic mass is 32.2. The standard InChI is InChI=1S/C28H16BF12.C22H19O4S/c30-25(31,32)17-1-9-21(10-2-17)29(22-11-3-18(4-12-22)26(33,34)35,23-13-5-19(6-14-23)27(36,37)38)24-15-7-20(8-16-24)28(39,40)41;1-17(23)26-19-14-12-18(13-15-19)22(24)16-27(25,20-8-4-2-5-9-20)21-10-6-3-7-11-21/h1-16H;2-15H,16H2,1H3/q-1;+1. The summed E-state index contributed by atoms with van der Waals surface area (Å²) in [7, 11) is -2.76. The van der Waals surface area contributed by atoms with Crippen molar-refractivity contribution < 1.29 is 71.2 Å². The van der Waals surface area contributed by atoms with E-state index in [1.54, 1.807) is 48.5 Å². The number of esters is 1. The van der Waals surface area contributed by atoms with Gasteiger partial charge in [-0.15, -0.1) is 0 Å². The van der Waals surface area contributed by atoms with Crippen molar-refractivity contribution in [3.63, 3.8) is 0 Å². The van der Waals surface area contributed by atoms with Gasteiger partial charge in [0.15, 0.2) is 25.5 Å². The van der Waals surface area contributed by atoms with Crippen molar-refractivity contribution in [2.45, 2.75) is 41.4 Å². The first-order chi connectivity index (χ1) is 31.8. The molecule has 0 bridgehead atoms. The van der Waals surface area contributed by atoms with Crippen molar-refractivity contribution in [1.82, 2.24) is 0 Å². The van der Waals surface area contributed by atoms with Crippen LogP contribution < -0.4 is 26.6 Å². The fraction of sp³-hybridized carbons (Fsp3) is 0.120. The maximum atomic E-state index is 13.9. The highest BCUT2D eigenvalue weighted by Gasteiger charge is 2.40. The summed E-state index contributed by atoms with van der Waals surface area (Å²) in [5.41, 5.74) is -3.87. The first kappa shape index (κ1) is 50.5. The third-order valence-corrected chi connectivity index (χ3v) is 13.7. The van der Waals surface area contributed by atoms with E-state index >= 15 is 0 Å². The van der Waals surface area contributed by atoms with Gasteiger partial charge in [-0.1, -0.05) is 138 Å². The second-order valence-electron chi connectivity index (χ2n) is 15.3. The zero-order valence-corrected chi connectivity index (χ0v) is 36.0. The lowest BCUT2D eigenvalue weighted by molar-refractivity contribution is -0.138. The summed E-state index contributed by atoms with van der Waals surface area (Å²) in [5, 5.41) is 0. The molecule has 0 saturated carbocycles. The van der Waals surface area contributed by atoms with Gasteiger partial charge in [-0.3, -0.25) is 9.59 Å². The largest absolute Gasteiger partial charge is 0.427 e. The maximum Gasteiger partial charge on any atom is 0.416 e. The minimum atomic E-state index is -4.77. The lowest BCUT2D eigenvalue weighted by atomic mass is 9.13. The third-order valence-electron chi connectivity index (χ3n) is 11.0. The predicted molar refractivity (Wildman–Crippen MR) is 234 cm³/mol. The molecule has 0 unspecified atom stereocenters. The number of carbonyl (C=O) groups excluding carboxylic acids is 2. The molecule has 0 N–H and O–H groups in total. The van der Waals surface area contributed by atoms with Crippen LogP contribution in [-0.2, 0) is 43.6 Å². The molecule has 0 radical (unpaired) electrons. The van der Waals surface area contributed by atoms with E-state index in [1.165, 1.54) is 6.92 Å². The smallest absolute Gasteiger partial charge is 0.416 e. The van der Waals surface area contributed by atoms with Gasteiger partial charge in [0.2, 0.25) is 5.78 Å². The maximum absolute atomic E-state index is 13.9. The molecule has 0 amide bonds. The van der Waals surface area contributed by atoms with Crippen molar-refractivity contribution in [1.29, 1.82) is 0 Å². The lowest BCUT2D eigenvalue weighted by Gasteiger charge is -2.44. The Bertz CT molecular complexity index is 2590. The van der Waals surface area contributed by atoms with Gasteiger partial charge >= 0.3 is 30.7 Å². The molecule has 7 aromatic carbocycles.